The number of guanidine groups is 1. The van der Waals surface area contributed by atoms with Crippen LogP contribution in [-0.4, -0.2) is 25.2 Å². The van der Waals surface area contributed by atoms with Gasteiger partial charge >= 0.3 is 0 Å². The Labute approximate surface area is 73.4 Å². The van der Waals surface area contributed by atoms with Gasteiger partial charge in [0, 0.05) is 0 Å². The number of rotatable bonds is 5. The van der Waals surface area contributed by atoms with Gasteiger partial charge in [0.2, 0.25) is 0 Å². The molecule has 2 atom stereocenters. The van der Waals surface area contributed by atoms with Crippen LogP contribution in [0.4, 0.5) is 0 Å². The maximum Gasteiger partial charge on any atom is 0.186 e. The van der Waals surface area contributed by atoms with E-state index in [0.29, 0.717) is 0 Å². The van der Waals surface area contributed by atoms with Crippen LogP contribution in [0.1, 0.15) is 19.8 Å². The van der Waals surface area contributed by atoms with Gasteiger partial charge in [-0.25, -0.2) is 4.99 Å². The summed E-state index contributed by atoms with van der Waals surface area (Å²) in [7, 11) is 1.79. The molecule has 0 heterocycles. The van der Waals surface area contributed by atoms with Crippen molar-refractivity contribution in [1.29, 1.82) is 0 Å². The lowest BCUT2D eigenvalue weighted by molar-refractivity contribution is 0.446. The lowest BCUT2D eigenvalue weighted by Crippen LogP contribution is -2.45. The smallest absolute Gasteiger partial charge is 0.186 e. The van der Waals surface area contributed by atoms with E-state index in [0.717, 1.165) is 12.8 Å². The van der Waals surface area contributed by atoms with Crippen molar-refractivity contribution in [2.75, 3.05) is 7.05 Å². The first-order valence-corrected chi connectivity index (χ1v) is 4.13. The molecule has 0 aliphatic heterocycles. The predicted molar refractivity (Wildman–Crippen MR) is 51.5 cm³/mol. The third-order valence-corrected chi connectivity index (χ3v) is 1.65. The molecule has 0 aliphatic rings. The van der Waals surface area contributed by atoms with Gasteiger partial charge in [0.1, 0.15) is 0 Å². The lowest BCUT2D eigenvalue weighted by atomic mass is 10.1. The maximum atomic E-state index is 5.72. The molecule has 0 fully saturated rings. The Kier molecular flexibility index (Phi) is 5.40. The number of hydrogen-bond acceptors (Lipinski definition) is 3. The Morgan fingerprint density at radius 3 is 2.42 bits per heavy atom. The van der Waals surface area contributed by atoms with Gasteiger partial charge in [0.05, 0.1) is 12.2 Å². The molecule has 0 aromatic rings. The average Bonchev–Trinajstić information content (AvgIpc) is 2.01. The molecule has 5 heteroatoms. The van der Waals surface area contributed by atoms with Gasteiger partial charge in [-0.3, -0.25) is 0 Å². The van der Waals surface area contributed by atoms with E-state index in [9.17, 15) is 0 Å². The van der Waals surface area contributed by atoms with Crippen molar-refractivity contribution >= 4 is 5.96 Å². The summed E-state index contributed by atoms with van der Waals surface area (Å²) in [5.74, 6) is 0.0964. The summed E-state index contributed by atoms with van der Waals surface area (Å²) >= 11 is 0. The topological polar surface area (TPSA) is 102 Å². The first kappa shape index (κ1) is 11.2. The molecule has 0 bridgehead atoms. The van der Waals surface area contributed by atoms with Crippen molar-refractivity contribution in [3.63, 3.8) is 0 Å². The summed E-state index contributed by atoms with van der Waals surface area (Å²) in [6, 6.07) is -0.0231. The molecule has 0 saturated carbocycles. The highest BCUT2D eigenvalue weighted by atomic mass is 15.1. The van der Waals surface area contributed by atoms with Crippen molar-refractivity contribution in [3.05, 3.63) is 0 Å². The summed E-state index contributed by atoms with van der Waals surface area (Å²) in [5, 5.41) is 2.91. The lowest BCUT2D eigenvalue weighted by Gasteiger charge is -2.18. The van der Waals surface area contributed by atoms with Crippen LogP contribution in [0.15, 0.2) is 4.99 Å². The summed E-state index contributed by atoms with van der Waals surface area (Å²) in [5.41, 5.74) is 16.2. The highest BCUT2D eigenvalue weighted by Crippen LogP contribution is 2.02. The Morgan fingerprint density at radius 1 is 1.50 bits per heavy atom. The van der Waals surface area contributed by atoms with Crippen LogP contribution in [0.2, 0.25) is 0 Å². The summed E-state index contributed by atoms with van der Waals surface area (Å²) in [4.78, 5) is 4.02. The Balaban J connectivity index is 4.12. The van der Waals surface area contributed by atoms with Gasteiger partial charge in [-0.1, -0.05) is 13.3 Å². The molecule has 0 amide bonds. The molecule has 5 nitrogen and oxygen atoms in total. The minimum absolute atomic E-state index is 0.0231. The standard InChI is InChI=1S/C7H19N5/c1-3-4-5(6(8)11-2)12-7(9)10/h5-6,11H,3-4,8H2,1-2H3,(H4,9,10,12). The second-order valence-corrected chi connectivity index (χ2v) is 2.72. The molecule has 0 spiro atoms. The molecule has 72 valence electrons. The largest absolute Gasteiger partial charge is 0.370 e. The second-order valence-electron chi connectivity index (χ2n) is 2.72. The maximum absolute atomic E-state index is 5.72. The number of nitrogens with zero attached hydrogens (tertiary/aromatic N) is 1. The van der Waals surface area contributed by atoms with Crippen molar-refractivity contribution in [3.8, 4) is 0 Å². The number of hydrogen-bond donors (Lipinski definition) is 4. The van der Waals surface area contributed by atoms with E-state index in [4.69, 9.17) is 17.2 Å². The zero-order valence-corrected chi connectivity index (χ0v) is 7.75. The van der Waals surface area contributed by atoms with E-state index < -0.39 is 0 Å². The fourth-order valence-corrected chi connectivity index (χ4v) is 1.00. The minimum Gasteiger partial charge on any atom is -0.370 e. The monoisotopic (exact) mass is 173 g/mol. The van der Waals surface area contributed by atoms with E-state index in [1.165, 1.54) is 0 Å². The van der Waals surface area contributed by atoms with E-state index in [2.05, 4.69) is 17.2 Å². The van der Waals surface area contributed by atoms with E-state index >= 15 is 0 Å². The quantitative estimate of drug-likeness (QED) is 0.241. The third-order valence-electron chi connectivity index (χ3n) is 1.65. The second kappa shape index (κ2) is 5.79. The normalized spacial score (nSPS) is 15.2. The molecule has 0 rings (SSSR count). The fraction of sp³-hybridized carbons (Fsp3) is 0.857. The van der Waals surface area contributed by atoms with Gasteiger partial charge in [-0.2, -0.15) is 0 Å². The number of nitrogens with one attached hydrogen (secondary N) is 1. The SMILES string of the molecule is CCCC(N=C(N)N)C(N)NC. The fourth-order valence-electron chi connectivity index (χ4n) is 1.00. The third kappa shape index (κ3) is 4.15. The highest BCUT2D eigenvalue weighted by molar-refractivity contribution is 5.75. The van der Waals surface area contributed by atoms with Crippen LogP contribution in [0.25, 0.3) is 0 Å². The Morgan fingerprint density at radius 2 is 2.08 bits per heavy atom. The van der Waals surface area contributed by atoms with Crippen LogP contribution in [0.3, 0.4) is 0 Å². The highest BCUT2D eigenvalue weighted by Gasteiger charge is 2.13. The molecule has 0 aromatic carbocycles. The first-order chi connectivity index (χ1) is 5.61. The Bertz CT molecular complexity index is 141. The molecule has 0 aromatic heterocycles. The Hall–Kier alpha value is -0.810. The molecule has 0 aliphatic carbocycles. The molecular formula is C7H19N5. The average molecular weight is 173 g/mol. The van der Waals surface area contributed by atoms with Crippen molar-refractivity contribution in [1.82, 2.24) is 5.32 Å². The van der Waals surface area contributed by atoms with Crippen LogP contribution in [0, 0.1) is 0 Å². The molecule has 7 N–H and O–H groups in total. The van der Waals surface area contributed by atoms with E-state index in [-0.39, 0.29) is 18.2 Å². The van der Waals surface area contributed by atoms with E-state index in [1.807, 2.05) is 0 Å². The molecule has 2 unspecified atom stereocenters. The number of likely N-dealkylation sites (N-methyl/N-ethyl adjacent to an activating group) is 1. The van der Waals surface area contributed by atoms with Gasteiger partial charge in [0.15, 0.2) is 5.96 Å². The summed E-state index contributed by atoms with van der Waals surface area (Å²) in [6.07, 6.45) is 1.73. The summed E-state index contributed by atoms with van der Waals surface area (Å²) in [6.45, 7) is 2.07. The van der Waals surface area contributed by atoms with Crippen LogP contribution < -0.4 is 22.5 Å². The van der Waals surface area contributed by atoms with Gasteiger partial charge in [-0.15, -0.1) is 0 Å². The summed E-state index contributed by atoms with van der Waals surface area (Å²) < 4.78 is 0. The molecule has 12 heavy (non-hydrogen) atoms. The molecule has 0 saturated heterocycles. The number of aliphatic imine (C=N–C) groups is 1. The van der Waals surface area contributed by atoms with Crippen LogP contribution in [-0.2, 0) is 0 Å². The molecular weight excluding hydrogens is 154 g/mol. The van der Waals surface area contributed by atoms with Crippen molar-refractivity contribution < 1.29 is 0 Å². The van der Waals surface area contributed by atoms with Crippen LogP contribution in [0.5, 0.6) is 0 Å². The number of nitrogens with two attached hydrogens (primary N) is 3. The minimum atomic E-state index is -0.174. The van der Waals surface area contributed by atoms with Gasteiger partial charge in [0.25, 0.3) is 0 Å². The van der Waals surface area contributed by atoms with E-state index in [1.54, 1.807) is 7.05 Å². The zero-order valence-electron chi connectivity index (χ0n) is 7.75. The first-order valence-electron chi connectivity index (χ1n) is 4.13. The van der Waals surface area contributed by atoms with Gasteiger partial charge < -0.3 is 22.5 Å². The van der Waals surface area contributed by atoms with Gasteiger partial charge in [-0.05, 0) is 13.5 Å². The van der Waals surface area contributed by atoms with Crippen molar-refractivity contribution in [2.45, 2.75) is 32.0 Å². The van der Waals surface area contributed by atoms with Crippen LogP contribution >= 0.6 is 0 Å². The molecule has 0 radical (unpaired) electrons. The zero-order chi connectivity index (χ0) is 9.56. The predicted octanol–water partition coefficient (Wildman–Crippen LogP) is -1.07. The van der Waals surface area contributed by atoms with Crippen molar-refractivity contribution in [2.24, 2.45) is 22.2 Å².